The van der Waals surface area contributed by atoms with Crippen molar-refractivity contribution >= 4 is 5.97 Å². The van der Waals surface area contributed by atoms with Crippen LogP contribution in [0.15, 0.2) is 43.0 Å². The Balaban J connectivity index is 0.000000256. The molecule has 0 unspecified atom stereocenters. The van der Waals surface area contributed by atoms with Crippen molar-refractivity contribution < 1.29 is 23.1 Å². The van der Waals surface area contributed by atoms with Crippen LogP contribution in [0.3, 0.4) is 0 Å². The maximum atomic E-state index is 10.6. The molecular formula is C16H16F3N3O2. The number of rotatable bonds is 2. The first-order valence-corrected chi connectivity index (χ1v) is 7.17. The Morgan fingerprint density at radius 3 is 1.96 bits per heavy atom. The van der Waals surface area contributed by atoms with Gasteiger partial charge in [0.25, 0.3) is 0 Å². The number of carbonyl (C=O) groups is 1. The number of carboxylic acids is 1. The van der Waals surface area contributed by atoms with E-state index in [1.54, 1.807) is 6.33 Å². The van der Waals surface area contributed by atoms with Crippen molar-refractivity contribution in [3.8, 4) is 11.1 Å². The number of hydrogen-bond acceptors (Lipinski definition) is 4. The molecule has 0 bridgehead atoms. The van der Waals surface area contributed by atoms with E-state index in [1.165, 1.54) is 12.0 Å². The molecule has 8 heteroatoms. The molecule has 1 aliphatic carbocycles. The summed E-state index contributed by atoms with van der Waals surface area (Å²) in [6, 6.07) is 8.45. The van der Waals surface area contributed by atoms with Crippen LogP contribution in [0.4, 0.5) is 13.2 Å². The molecule has 1 heterocycles. The number of nitrogens with two attached hydrogens (primary N) is 1. The fraction of sp³-hybridized carbons (Fsp3) is 0.312. The molecule has 0 spiro atoms. The van der Waals surface area contributed by atoms with Crippen molar-refractivity contribution in [1.82, 2.24) is 9.97 Å². The zero-order valence-corrected chi connectivity index (χ0v) is 12.6. The van der Waals surface area contributed by atoms with E-state index in [2.05, 4.69) is 34.2 Å². The van der Waals surface area contributed by atoms with Crippen molar-refractivity contribution in [2.75, 3.05) is 0 Å². The first-order chi connectivity index (χ1) is 11.2. The van der Waals surface area contributed by atoms with Gasteiger partial charge >= 0.3 is 12.1 Å². The second-order valence-electron chi connectivity index (χ2n) is 5.52. The largest absolute Gasteiger partial charge is 0.490 e. The van der Waals surface area contributed by atoms with Crippen molar-refractivity contribution in [2.24, 2.45) is 5.73 Å². The van der Waals surface area contributed by atoms with Crippen LogP contribution in [0, 0.1) is 0 Å². The summed E-state index contributed by atoms with van der Waals surface area (Å²) in [4.78, 5) is 16.9. The summed E-state index contributed by atoms with van der Waals surface area (Å²) in [6.07, 6.45) is 3.54. The predicted octanol–water partition coefficient (Wildman–Crippen LogP) is 3.11. The third-order valence-electron chi connectivity index (χ3n) is 3.84. The van der Waals surface area contributed by atoms with Crippen molar-refractivity contribution in [3.63, 3.8) is 0 Å². The molecule has 0 radical (unpaired) electrons. The van der Waals surface area contributed by atoms with Gasteiger partial charge in [-0.1, -0.05) is 24.3 Å². The lowest BCUT2D eigenvalue weighted by Gasteiger charge is -2.38. The van der Waals surface area contributed by atoms with Gasteiger partial charge in [-0.15, -0.1) is 0 Å². The maximum absolute atomic E-state index is 10.6. The average Bonchev–Trinajstić information content (AvgIpc) is 2.53. The Morgan fingerprint density at radius 2 is 1.58 bits per heavy atom. The molecule has 3 N–H and O–H groups in total. The first-order valence-electron chi connectivity index (χ1n) is 7.17. The van der Waals surface area contributed by atoms with Crippen LogP contribution in [0.25, 0.3) is 11.1 Å². The molecule has 1 aliphatic rings. The molecule has 5 nitrogen and oxygen atoms in total. The highest BCUT2D eigenvalue weighted by Gasteiger charge is 2.38. The number of benzene rings is 1. The molecule has 1 aromatic carbocycles. The predicted molar refractivity (Wildman–Crippen MR) is 80.9 cm³/mol. The summed E-state index contributed by atoms with van der Waals surface area (Å²) in [5, 5.41) is 7.12. The number of nitrogens with zero attached hydrogens (tertiary/aromatic N) is 2. The maximum Gasteiger partial charge on any atom is 0.490 e. The highest BCUT2D eigenvalue weighted by molar-refractivity contribution is 5.73. The molecular weight excluding hydrogens is 323 g/mol. The lowest BCUT2D eigenvalue weighted by Crippen LogP contribution is -2.43. The minimum Gasteiger partial charge on any atom is -0.475 e. The first kappa shape index (κ1) is 17.9. The Bertz CT molecular complexity index is 684. The quantitative estimate of drug-likeness (QED) is 0.877. The van der Waals surface area contributed by atoms with Crippen LogP contribution >= 0.6 is 0 Å². The van der Waals surface area contributed by atoms with E-state index in [0.717, 1.165) is 24.0 Å². The van der Waals surface area contributed by atoms with Gasteiger partial charge in [-0.3, -0.25) is 0 Å². The molecule has 1 aromatic heterocycles. The number of aliphatic carboxylic acids is 1. The zero-order chi connectivity index (χ0) is 17.8. The van der Waals surface area contributed by atoms with E-state index in [9.17, 15) is 13.2 Å². The minimum absolute atomic E-state index is 0.0777. The highest BCUT2D eigenvalue weighted by Crippen LogP contribution is 2.39. The molecule has 0 saturated heterocycles. The molecule has 3 rings (SSSR count). The molecule has 1 saturated carbocycles. The second kappa shape index (κ2) is 6.96. The molecule has 24 heavy (non-hydrogen) atoms. The van der Waals surface area contributed by atoms with Crippen LogP contribution < -0.4 is 5.73 Å². The van der Waals surface area contributed by atoms with Gasteiger partial charge in [0.1, 0.15) is 6.33 Å². The van der Waals surface area contributed by atoms with Crippen LogP contribution in [0.2, 0.25) is 0 Å². The lowest BCUT2D eigenvalue weighted by molar-refractivity contribution is -0.192. The van der Waals surface area contributed by atoms with Gasteiger partial charge in [-0.2, -0.15) is 13.2 Å². The topological polar surface area (TPSA) is 89.1 Å². The Kier molecular flexibility index (Phi) is 5.18. The fourth-order valence-electron chi connectivity index (χ4n) is 2.29. The lowest BCUT2D eigenvalue weighted by atomic mass is 9.72. The van der Waals surface area contributed by atoms with Gasteiger partial charge in [0, 0.05) is 23.5 Å². The molecule has 0 aliphatic heterocycles. The number of alkyl halides is 3. The molecule has 0 atom stereocenters. The van der Waals surface area contributed by atoms with Crippen molar-refractivity contribution in [1.29, 1.82) is 0 Å². The highest BCUT2D eigenvalue weighted by atomic mass is 19.4. The minimum atomic E-state index is -5.08. The van der Waals surface area contributed by atoms with Crippen LogP contribution in [0.5, 0.6) is 0 Å². The molecule has 0 amide bonds. The number of halogens is 3. The normalized spacial score (nSPS) is 15.7. The number of carboxylic acid groups (broad SMARTS) is 1. The van der Waals surface area contributed by atoms with Crippen LogP contribution in [-0.4, -0.2) is 27.2 Å². The molecule has 128 valence electrons. The smallest absolute Gasteiger partial charge is 0.475 e. The van der Waals surface area contributed by atoms with E-state index in [1.807, 2.05) is 12.4 Å². The van der Waals surface area contributed by atoms with E-state index >= 15 is 0 Å². The summed E-state index contributed by atoms with van der Waals surface area (Å²) < 4.78 is 31.7. The van der Waals surface area contributed by atoms with E-state index in [0.29, 0.717) is 0 Å². The Labute approximate surface area is 136 Å². The van der Waals surface area contributed by atoms with Crippen LogP contribution in [-0.2, 0) is 10.3 Å². The van der Waals surface area contributed by atoms with Gasteiger partial charge in [0.05, 0.1) is 0 Å². The third kappa shape index (κ3) is 4.29. The van der Waals surface area contributed by atoms with E-state index in [4.69, 9.17) is 15.6 Å². The fourth-order valence-corrected chi connectivity index (χ4v) is 2.29. The van der Waals surface area contributed by atoms with Crippen LogP contribution in [0.1, 0.15) is 24.8 Å². The van der Waals surface area contributed by atoms with Gasteiger partial charge in [-0.05, 0) is 30.4 Å². The Morgan fingerprint density at radius 1 is 1.08 bits per heavy atom. The summed E-state index contributed by atoms with van der Waals surface area (Å²) in [6.45, 7) is 0. The molecule has 2 aromatic rings. The van der Waals surface area contributed by atoms with Crippen molar-refractivity contribution in [3.05, 3.63) is 48.5 Å². The SMILES string of the molecule is NC1(c2ccc(-c3cncnc3)cc2)CCC1.O=C(O)C(F)(F)F. The monoisotopic (exact) mass is 339 g/mol. The van der Waals surface area contributed by atoms with E-state index in [-0.39, 0.29) is 5.54 Å². The average molecular weight is 339 g/mol. The number of aromatic nitrogens is 2. The summed E-state index contributed by atoms with van der Waals surface area (Å²) in [5.41, 5.74) is 9.63. The summed E-state index contributed by atoms with van der Waals surface area (Å²) >= 11 is 0. The standard InChI is InChI=1S/C14H15N3.C2HF3O2/c15-14(6-1-7-14)13-4-2-11(3-5-13)12-8-16-10-17-9-12;3-2(4,5)1(6)7/h2-5,8-10H,1,6-7,15H2;(H,6,7). The third-order valence-corrected chi connectivity index (χ3v) is 3.84. The molecule has 1 fully saturated rings. The number of hydrogen-bond donors (Lipinski definition) is 2. The van der Waals surface area contributed by atoms with Gasteiger partial charge in [0.15, 0.2) is 0 Å². The Hall–Kier alpha value is -2.48. The summed E-state index contributed by atoms with van der Waals surface area (Å²) in [7, 11) is 0. The van der Waals surface area contributed by atoms with E-state index < -0.39 is 12.1 Å². The van der Waals surface area contributed by atoms with Gasteiger partial charge in [0.2, 0.25) is 0 Å². The zero-order valence-electron chi connectivity index (χ0n) is 12.6. The van der Waals surface area contributed by atoms with Crippen molar-refractivity contribution in [2.45, 2.75) is 31.0 Å². The van der Waals surface area contributed by atoms with Gasteiger partial charge in [-0.25, -0.2) is 14.8 Å². The summed E-state index contributed by atoms with van der Waals surface area (Å²) in [5.74, 6) is -2.76. The van der Waals surface area contributed by atoms with Gasteiger partial charge < -0.3 is 10.8 Å². The second-order valence-corrected chi connectivity index (χ2v) is 5.52.